The summed E-state index contributed by atoms with van der Waals surface area (Å²) in [6.07, 6.45) is 2.25. The molecule has 3 heteroatoms. The summed E-state index contributed by atoms with van der Waals surface area (Å²) in [5.41, 5.74) is 0.232. The lowest BCUT2D eigenvalue weighted by molar-refractivity contribution is -0.158. The maximum Gasteiger partial charge on any atom is 0.138 e. The summed E-state index contributed by atoms with van der Waals surface area (Å²) in [5, 5.41) is 0. The summed E-state index contributed by atoms with van der Waals surface area (Å²) in [5.74, 6) is 0.644. The molecule has 1 saturated carbocycles. The second kappa shape index (κ2) is 4.69. The Kier molecular flexibility index (Phi) is 3.60. The minimum absolute atomic E-state index is 0.214. The highest BCUT2D eigenvalue weighted by atomic mass is 16.5. The van der Waals surface area contributed by atoms with Crippen LogP contribution >= 0.6 is 0 Å². The zero-order valence-corrected chi connectivity index (χ0v) is 11.5. The number of piperidine rings is 1. The molecule has 0 radical (unpaired) electrons. The first-order valence-corrected chi connectivity index (χ1v) is 6.85. The van der Waals surface area contributed by atoms with E-state index in [1.165, 1.54) is 0 Å². The van der Waals surface area contributed by atoms with Crippen molar-refractivity contribution in [3.63, 3.8) is 0 Å². The molecule has 3 atom stereocenters. The molecular formula is C14H25NO2. The van der Waals surface area contributed by atoms with E-state index in [-0.39, 0.29) is 11.3 Å². The summed E-state index contributed by atoms with van der Waals surface area (Å²) < 4.78 is 5.77. The molecule has 2 aliphatic rings. The number of likely N-dealkylation sites (tertiary alicyclic amines) is 1. The van der Waals surface area contributed by atoms with Crippen LogP contribution in [-0.2, 0) is 9.53 Å². The van der Waals surface area contributed by atoms with Gasteiger partial charge in [-0.1, -0.05) is 20.8 Å². The van der Waals surface area contributed by atoms with Crippen molar-refractivity contribution >= 4 is 5.78 Å². The van der Waals surface area contributed by atoms with E-state index in [4.69, 9.17) is 4.74 Å². The fraction of sp³-hybridized carbons (Fsp3) is 0.929. The van der Waals surface area contributed by atoms with E-state index < -0.39 is 0 Å². The highest BCUT2D eigenvalue weighted by Gasteiger charge is 2.52. The molecule has 2 rings (SSSR count). The molecule has 0 amide bonds. The Morgan fingerprint density at radius 2 is 2.18 bits per heavy atom. The fourth-order valence-corrected chi connectivity index (χ4v) is 3.30. The van der Waals surface area contributed by atoms with Crippen LogP contribution in [0, 0.1) is 11.3 Å². The smallest absolute Gasteiger partial charge is 0.138 e. The molecule has 0 aromatic rings. The van der Waals surface area contributed by atoms with Crippen LogP contribution in [-0.4, -0.2) is 42.5 Å². The Hall–Kier alpha value is -0.410. The van der Waals surface area contributed by atoms with Gasteiger partial charge in [0, 0.05) is 43.5 Å². The van der Waals surface area contributed by atoms with Crippen molar-refractivity contribution in [1.82, 2.24) is 4.90 Å². The van der Waals surface area contributed by atoms with E-state index in [1.807, 2.05) is 0 Å². The molecule has 0 spiro atoms. The maximum atomic E-state index is 11.5. The Bertz CT molecular complexity index is 301. The van der Waals surface area contributed by atoms with Gasteiger partial charge < -0.3 is 4.74 Å². The first-order chi connectivity index (χ1) is 7.96. The zero-order valence-electron chi connectivity index (χ0n) is 11.5. The van der Waals surface area contributed by atoms with Gasteiger partial charge in [-0.25, -0.2) is 0 Å². The van der Waals surface area contributed by atoms with Crippen LogP contribution in [0.1, 0.15) is 40.5 Å². The highest BCUT2D eigenvalue weighted by Crippen LogP contribution is 2.46. The number of rotatable bonds is 3. The number of hydrogen-bond acceptors (Lipinski definition) is 3. The van der Waals surface area contributed by atoms with Crippen LogP contribution in [0.4, 0.5) is 0 Å². The molecule has 0 N–H and O–H groups in total. The van der Waals surface area contributed by atoms with Crippen LogP contribution in [0.3, 0.4) is 0 Å². The SMILES string of the molecule is CCOC1CC(N2CCC(=O)C(C)C2)C1(C)C. The van der Waals surface area contributed by atoms with E-state index in [1.54, 1.807) is 0 Å². The molecule has 3 nitrogen and oxygen atoms in total. The van der Waals surface area contributed by atoms with Gasteiger partial charge in [0.05, 0.1) is 6.10 Å². The largest absolute Gasteiger partial charge is 0.378 e. The average Bonchev–Trinajstić information content (AvgIpc) is 2.28. The predicted molar refractivity (Wildman–Crippen MR) is 68.0 cm³/mol. The third kappa shape index (κ3) is 2.27. The molecule has 1 aliphatic carbocycles. The molecule has 17 heavy (non-hydrogen) atoms. The van der Waals surface area contributed by atoms with Crippen molar-refractivity contribution < 1.29 is 9.53 Å². The molecule has 2 fully saturated rings. The minimum atomic E-state index is 0.214. The number of Topliss-reactive ketones (excluding diaryl/α,β-unsaturated/α-hetero) is 1. The van der Waals surface area contributed by atoms with Crippen LogP contribution in [0.25, 0.3) is 0 Å². The first kappa shape index (κ1) is 13.0. The fourth-order valence-electron chi connectivity index (χ4n) is 3.30. The predicted octanol–water partition coefficient (Wildman–Crippen LogP) is 2.10. The van der Waals surface area contributed by atoms with Gasteiger partial charge in [0.15, 0.2) is 0 Å². The summed E-state index contributed by atoms with van der Waals surface area (Å²) in [4.78, 5) is 14.0. The van der Waals surface area contributed by atoms with Crippen molar-refractivity contribution in [3.8, 4) is 0 Å². The molecule has 1 heterocycles. The van der Waals surface area contributed by atoms with Crippen molar-refractivity contribution in [2.45, 2.75) is 52.7 Å². The number of ether oxygens (including phenoxy) is 1. The van der Waals surface area contributed by atoms with Gasteiger partial charge in [-0.3, -0.25) is 9.69 Å². The Morgan fingerprint density at radius 1 is 1.47 bits per heavy atom. The van der Waals surface area contributed by atoms with E-state index in [0.717, 1.165) is 32.5 Å². The molecule has 98 valence electrons. The topological polar surface area (TPSA) is 29.5 Å². The second-order valence-electron chi connectivity index (χ2n) is 6.13. The first-order valence-electron chi connectivity index (χ1n) is 6.85. The quantitative estimate of drug-likeness (QED) is 0.755. The maximum absolute atomic E-state index is 11.5. The van der Waals surface area contributed by atoms with Crippen LogP contribution < -0.4 is 0 Å². The number of carbonyl (C=O) groups excluding carboxylic acids is 1. The lowest BCUT2D eigenvalue weighted by atomic mass is 9.63. The third-order valence-corrected chi connectivity index (χ3v) is 4.64. The van der Waals surface area contributed by atoms with E-state index in [0.29, 0.717) is 17.9 Å². The van der Waals surface area contributed by atoms with E-state index in [2.05, 4.69) is 32.6 Å². The van der Waals surface area contributed by atoms with Gasteiger partial charge in [0.25, 0.3) is 0 Å². The van der Waals surface area contributed by atoms with Crippen molar-refractivity contribution in [1.29, 1.82) is 0 Å². The highest BCUT2D eigenvalue weighted by molar-refractivity contribution is 5.81. The standard InChI is InChI=1S/C14H25NO2/c1-5-17-13-8-12(14(13,3)4)15-7-6-11(16)10(2)9-15/h10,12-13H,5-9H2,1-4H3. The molecule has 0 bridgehead atoms. The molecule has 1 aliphatic heterocycles. The lowest BCUT2D eigenvalue weighted by Gasteiger charge is -2.57. The van der Waals surface area contributed by atoms with Gasteiger partial charge >= 0.3 is 0 Å². The Labute approximate surface area is 105 Å². The summed E-state index contributed by atoms with van der Waals surface area (Å²) in [6, 6.07) is 0.592. The van der Waals surface area contributed by atoms with Gasteiger partial charge in [0.2, 0.25) is 0 Å². The van der Waals surface area contributed by atoms with E-state index in [9.17, 15) is 4.79 Å². The molecule has 0 aromatic heterocycles. The normalized spacial score (nSPS) is 37.9. The van der Waals surface area contributed by atoms with Gasteiger partial charge in [0.1, 0.15) is 5.78 Å². The number of ketones is 1. The Morgan fingerprint density at radius 3 is 2.71 bits per heavy atom. The lowest BCUT2D eigenvalue weighted by Crippen LogP contribution is -2.64. The zero-order chi connectivity index (χ0) is 12.6. The summed E-state index contributed by atoms with van der Waals surface area (Å²) in [6.45, 7) is 11.4. The van der Waals surface area contributed by atoms with Crippen LogP contribution in [0.5, 0.6) is 0 Å². The number of carbonyl (C=O) groups is 1. The van der Waals surface area contributed by atoms with Gasteiger partial charge in [-0.15, -0.1) is 0 Å². The molecule has 3 unspecified atom stereocenters. The molecular weight excluding hydrogens is 214 g/mol. The van der Waals surface area contributed by atoms with Gasteiger partial charge in [-0.05, 0) is 13.3 Å². The molecule has 0 aromatic carbocycles. The second-order valence-corrected chi connectivity index (χ2v) is 6.13. The summed E-state index contributed by atoms with van der Waals surface area (Å²) >= 11 is 0. The van der Waals surface area contributed by atoms with Crippen molar-refractivity contribution in [2.75, 3.05) is 19.7 Å². The minimum Gasteiger partial charge on any atom is -0.378 e. The number of nitrogens with zero attached hydrogens (tertiary/aromatic N) is 1. The summed E-state index contributed by atoms with van der Waals surface area (Å²) in [7, 11) is 0. The third-order valence-electron chi connectivity index (χ3n) is 4.64. The van der Waals surface area contributed by atoms with Crippen molar-refractivity contribution in [3.05, 3.63) is 0 Å². The monoisotopic (exact) mass is 239 g/mol. The average molecular weight is 239 g/mol. The van der Waals surface area contributed by atoms with Crippen molar-refractivity contribution in [2.24, 2.45) is 11.3 Å². The van der Waals surface area contributed by atoms with Gasteiger partial charge in [-0.2, -0.15) is 0 Å². The van der Waals surface area contributed by atoms with Crippen LogP contribution in [0.15, 0.2) is 0 Å². The molecule has 1 saturated heterocycles. The van der Waals surface area contributed by atoms with E-state index >= 15 is 0 Å². The Balaban J connectivity index is 1.94. The van der Waals surface area contributed by atoms with Crippen LogP contribution in [0.2, 0.25) is 0 Å². The number of hydrogen-bond donors (Lipinski definition) is 0.